The lowest BCUT2D eigenvalue weighted by Crippen LogP contribution is -2.04. The van der Waals surface area contributed by atoms with E-state index in [0.29, 0.717) is 10.8 Å². The molecule has 0 aliphatic rings. The monoisotopic (exact) mass is 244 g/mol. The Hall–Kier alpha value is -1.78. The van der Waals surface area contributed by atoms with Gasteiger partial charge >= 0.3 is 6.61 Å². The van der Waals surface area contributed by atoms with E-state index < -0.39 is 24.3 Å². The zero-order chi connectivity index (χ0) is 12.4. The van der Waals surface area contributed by atoms with Crippen molar-refractivity contribution in [2.75, 3.05) is 0 Å². The van der Waals surface area contributed by atoms with Gasteiger partial charge in [-0.3, -0.25) is 0 Å². The third-order valence-electron chi connectivity index (χ3n) is 2.33. The summed E-state index contributed by atoms with van der Waals surface area (Å²) in [5.74, 6) is -0.478. The fourth-order valence-electron chi connectivity index (χ4n) is 1.61. The fraction of sp³-hybridized carbons (Fsp3) is 0.167. The number of rotatable bonds is 3. The van der Waals surface area contributed by atoms with Crippen LogP contribution in [-0.4, -0.2) is 6.61 Å². The van der Waals surface area contributed by atoms with Gasteiger partial charge in [0.1, 0.15) is 5.75 Å². The molecule has 5 heteroatoms. The van der Waals surface area contributed by atoms with Gasteiger partial charge in [-0.2, -0.15) is 8.78 Å². The number of fused-ring (bicyclic) bond motifs is 1. The number of ether oxygens (including phenoxy) is 1. The Labute approximate surface area is 94.6 Å². The van der Waals surface area contributed by atoms with Gasteiger partial charge in [0.15, 0.2) is 0 Å². The molecule has 90 valence electrons. The molecule has 0 amide bonds. The molecular weight excluding hydrogens is 236 g/mol. The zero-order valence-corrected chi connectivity index (χ0v) is 8.54. The topological polar surface area (TPSA) is 9.23 Å². The van der Waals surface area contributed by atoms with Crippen LogP contribution in [0.2, 0.25) is 0 Å². The molecule has 2 aromatic carbocycles. The summed E-state index contributed by atoms with van der Waals surface area (Å²) in [6.45, 7) is -3.12. The van der Waals surface area contributed by atoms with Gasteiger partial charge < -0.3 is 4.74 Å². The summed E-state index contributed by atoms with van der Waals surface area (Å²) in [7, 11) is 0. The van der Waals surface area contributed by atoms with Gasteiger partial charge in [0.2, 0.25) is 0 Å². The third kappa shape index (κ3) is 2.49. The maximum absolute atomic E-state index is 12.7. The third-order valence-corrected chi connectivity index (χ3v) is 2.33. The van der Waals surface area contributed by atoms with Crippen LogP contribution >= 0.6 is 0 Å². The minimum absolute atomic E-state index is 0.478. The second-order valence-corrected chi connectivity index (χ2v) is 3.42. The molecule has 2 rings (SSSR count). The maximum Gasteiger partial charge on any atom is 0.387 e. The predicted octanol–water partition coefficient (Wildman–Crippen LogP) is 4.38. The molecule has 17 heavy (non-hydrogen) atoms. The highest BCUT2D eigenvalue weighted by Crippen LogP contribution is 2.33. The van der Waals surface area contributed by atoms with Crippen molar-refractivity contribution in [1.29, 1.82) is 0 Å². The standard InChI is InChI=1S/C12H8F4O/c13-11(14)9-5-7-3-1-2-4-8(7)6-10(9)17-12(15)16/h1-6,11-12H. The van der Waals surface area contributed by atoms with E-state index in [9.17, 15) is 17.6 Å². The summed E-state index contributed by atoms with van der Waals surface area (Å²) < 4.78 is 53.7. The van der Waals surface area contributed by atoms with Crippen molar-refractivity contribution < 1.29 is 22.3 Å². The first-order chi connectivity index (χ1) is 8.08. The Morgan fingerprint density at radius 2 is 1.47 bits per heavy atom. The van der Waals surface area contributed by atoms with Gasteiger partial charge in [-0.1, -0.05) is 24.3 Å². The average Bonchev–Trinajstić information content (AvgIpc) is 2.27. The Morgan fingerprint density at radius 3 is 2.00 bits per heavy atom. The van der Waals surface area contributed by atoms with Crippen LogP contribution in [0.3, 0.4) is 0 Å². The predicted molar refractivity (Wildman–Crippen MR) is 55.5 cm³/mol. The quantitative estimate of drug-likeness (QED) is 0.728. The van der Waals surface area contributed by atoms with Crippen molar-refractivity contribution in [2.24, 2.45) is 0 Å². The van der Waals surface area contributed by atoms with E-state index in [1.165, 1.54) is 6.07 Å². The van der Waals surface area contributed by atoms with Gasteiger partial charge in [0.05, 0.1) is 5.56 Å². The van der Waals surface area contributed by atoms with Crippen molar-refractivity contribution in [3.63, 3.8) is 0 Å². The molecular formula is C12H8F4O. The van der Waals surface area contributed by atoms with E-state index >= 15 is 0 Å². The Morgan fingerprint density at radius 1 is 0.882 bits per heavy atom. The SMILES string of the molecule is FC(F)Oc1cc2ccccc2cc1C(F)F. The molecule has 0 aromatic heterocycles. The van der Waals surface area contributed by atoms with Crippen LogP contribution in [0, 0.1) is 0 Å². The summed E-state index contributed by atoms with van der Waals surface area (Å²) in [5.41, 5.74) is -0.524. The molecule has 0 unspecified atom stereocenters. The van der Waals surface area contributed by atoms with Crippen molar-refractivity contribution in [3.8, 4) is 5.75 Å². The second-order valence-electron chi connectivity index (χ2n) is 3.42. The summed E-state index contributed by atoms with van der Waals surface area (Å²) in [6, 6.07) is 9.01. The van der Waals surface area contributed by atoms with E-state index in [1.807, 2.05) is 0 Å². The molecule has 0 aliphatic heterocycles. The molecule has 1 nitrogen and oxygen atoms in total. The number of halogens is 4. The highest BCUT2D eigenvalue weighted by atomic mass is 19.3. The lowest BCUT2D eigenvalue weighted by atomic mass is 10.1. The van der Waals surface area contributed by atoms with Gasteiger partial charge in [-0.15, -0.1) is 0 Å². The molecule has 0 aliphatic carbocycles. The lowest BCUT2D eigenvalue weighted by molar-refractivity contribution is -0.0518. The molecule has 0 fully saturated rings. The van der Waals surface area contributed by atoms with Crippen LogP contribution in [0.1, 0.15) is 12.0 Å². The Kier molecular flexibility index (Phi) is 3.17. The van der Waals surface area contributed by atoms with E-state index in [4.69, 9.17) is 0 Å². The highest BCUT2D eigenvalue weighted by Gasteiger charge is 2.17. The summed E-state index contributed by atoms with van der Waals surface area (Å²) in [5, 5.41) is 1.14. The maximum atomic E-state index is 12.7. The first kappa shape index (κ1) is 11.7. The largest absolute Gasteiger partial charge is 0.434 e. The van der Waals surface area contributed by atoms with Gasteiger partial charge in [-0.25, -0.2) is 8.78 Å². The van der Waals surface area contributed by atoms with Crippen LogP contribution in [0.15, 0.2) is 36.4 Å². The number of hydrogen-bond acceptors (Lipinski definition) is 1. The Balaban J connectivity index is 2.58. The van der Waals surface area contributed by atoms with Crippen LogP contribution in [0.5, 0.6) is 5.75 Å². The second kappa shape index (κ2) is 4.61. The minimum atomic E-state index is -3.12. The lowest BCUT2D eigenvalue weighted by Gasteiger charge is -2.11. The summed E-state index contributed by atoms with van der Waals surface area (Å²) >= 11 is 0. The fourth-order valence-corrected chi connectivity index (χ4v) is 1.61. The van der Waals surface area contributed by atoms with Crippen molar-refractivity contribution in [1.82, 2.24) is 0 Å². The first-order valence-electron chi connectivity index (χ1n) is 4.83. The molecule has 0 radical (unpaired) electrons. The molecule has 0 saturated carbocycles. The molecule has 0 bridgehead atoms. The molecule has 2 aromatic rings. The minimum Gasteiger partial charge on any atom is -0.434 e. The van der Waals surface area contributed by atoms with Crippen molar-refractivity contribution in [2.45, 2.75) is 13.0 Å². The van der Waals surface area contributed by atoms with E-state index in [-0.39, 0.29) is 0 Å². The van der Waals surface area contributed by atoms with Crippen LogP contribution in [0.25, 0.3) is 10.8 Å². The van der Waals surface area contributed by atoms with Gasteiger partial charge in [-0.05, 0) is 22.9 Å². The van der Waals surface area contributed by atoms with Gasteiger partial charge in [0, 0.05) is 0 Å². The van der Waals surface area contributed by atoms with E-state index in [0.717, 1.165) is 6.07 Å². The van der Waals surface area contributed by atoms with Crippen LogP contribution < -0.4 is 4.74 Å². The number of hydrogen-bond donors (Lipinski definition) is 0. The summed E-state index contributed by atoms with van der Waals surface area (Å²) in [4.78, 5) is 0. The first-order valence-corrected chi connectivity index (χ1v) is 4.83. The number of alkyl halides is 4. The molecule has 0 atom stereocenters. The highest BCUT2D eigenvalue weighted by molar-refractivity contribution is 5.85. The van der Waals surface area contributed by atoms with E-state index in [2.05, 4.69) is 4.74 Å². The van der Waals surface area contributed by atoms with Crippen molar-refractivity contribution in [3.05, 3.63) is 42.0 Å². The van der Waals surface area contributed by atoms with Crippen LogP contribution in [-0.2, 0) is 0 Å². The molecule has 0 N–H and O–H groups in total. The smallest absolute Gasteiger partial charge is 0.387 e. The average molecular weight is 244 g/mol. The Bertz CT molecular complexity index is 525. The normalized spacial score (nSPS) is 11.4. The van der Waals surface area contributed by atoms with Gasteiger partial charge in [0.25, 0.3) is 6.43 Å². The molecule has 0 saturated heterocycles. The number of benzene rings is 2. The molecule has 0 spiro atoms. The molecule has 0 heterocycles. The van der Waals surface area contributed by atoms with Crippen LogP contribution in [0.4, 0.5) is 17.6 Å². The summed E-state index contributed by atoms with van der Waals surface area (Å²) in [6.07, 6.45) is -2.85. The zero-order valence-electron chi connectivity index (χ0n) is 8.54. The van der Waals surface area contributed by atoms with Crippen molar-refractivity contribution >= 4 is 10.8 Å². The van der Waals surface area contributed by atoms with E-state index in [1.54, 1.807) is 24.3 Å².